The van der Waals surface area contributed by atoms with Crippen LogP contribution >= 0.6 is 0 Å². The number of nitrogens with one attached hydrogen (secondary N) is 1. The first kappa shape index (κ1) is 13.2. The summed E-state index contributed by atoms with van der Waals surface area (Å²) >= 11 is 0. The van der Waals surface area contributed by atoms with Gasteiger partial charge in [0.25, 0.3) is 0 Å². The van der Waals surface area contributed by atoms with Gasteiger partial charge in [-0.3, -0.25) is 5.10 Å². The third-order valence-corrected chi connectivity index (χ3v) is 3.81. The van der Waals surface area contributed by atoms with Crippen LogP contribution in [0, 0.1) is 6.92 Å². The molecule has 21 heavy (non-hydrogen) atoms. The van der Waals surface area contributed by atoms with Crippen LogP contribution in [0.3, 0.4) is 0 Å². The lowest BCUT2D eigenvalue weighted by molar-refractivity contribution is 0.0698. The lowest BCUT2D eigenvalue weighted by Crippen LogP contribution is -1.98. The Kier molecular flexibility index (Phi) is 2.94. The molecule has 6 nitrogen and oxygen atoms in total. The lowest BCUT2D eigenvalue weighted by Gasteiger charge is -2.04. The predicted octanol–water partition coefficient (Wildman–Crippen LogP) is 2.58. The Morgan fingerprint density at radius 1 is 1.43 bits per heavy atom. The summed E-state index contributed by atoms with van der Waals surface area (Å²) in [6.07, 6.45) is 1.33. The molecule has 6 heteroatoms. The van der Waals surface area contributed by atoms with Crippen LogP contribution in [0.4, 0.5) is 0 Å². The predicted molar refractivity (Wildman–Crippen MR) is 78.7 cm³/mol. The summed E-state index contributed by atoms with van der Waals surface area (Å²) < 4.78 is 7.40. The number of hydrogen-bond acceptors (Lipinski definition) is 3. The number of carbonyl (C=O) groups is 1. The number of ether oxygens (including phenoxy) is 1. The Bertz CT molecular complexity index is 845. The molecule has 0 bridgehead atoms. The van der Waals surface area contributed by atoms with E-state index in [-0.39, 0.29) is 5.56 Å². The van der Waals surface area contributed by atoms with Gasteiger partial charge in [0.2, 0.25) is 0 Å². The average molecular weight is 285 g/mol. The Morgan fingerprint density at radius 2 is 2.19 bits per heavy atom. The van der Waals surface area contributed by atoms with Gasteiger partial charge >= 0.3 is 5.97 Å². The number of carboxylic acid groups (broad SMARTS) is 1. The molecule has 108 valence electrons. The number of aromatic amines is 1. The number of aromatic nitrogens is 3. The maximum atomic E-state index is 11.3. The Labute approximate surface area is 121 Å². The number of hydrogen-bond donors (Lipinski definition) is 2. The van der Waals surface area contributed by atoms with E-state index in [0.29, 0.717) is 5.69 Å². The second-order valence-electron chi connectivity index (χ2n) is 4.84. The maximum absolute atomic E-state index is 11.3. The largest absolute Gasteiger partial charge is 0.495 e. The molecule has 0 aliphatic heterocycles. The lowest BCUT2D eigenvalue weighted by atomic mass is 10.0. The van der Waals surface area contributed by atoms with Crippen molar-refractivity contribution in [3.8, 4) is 17.0 Å². The topological polar surface area (TPSA) is 80.1 Å². The number of aryl methyl sites for hydroxylation is 1. The first-order valence-corrected chi connectivity index (χ1v) is 6.45. The molecular weight excluding hydrogens is 270 g/mol. The zero-order valence-electron chi connectivity index (χ0n) is 12.0. The zero-order valence-corrected chi connectivity index (χ0v) is 12.0. The minimum Gasteiger partial charge on any atom is -0.495 e. The van der Waals surface area contributed by atoms with Gasteiger partial charge in [0.05, 0.1) is 24.5 Å². The molecule has 2 N–H and O–H groups in total. The van der Waals surface area contributed by atoms with E-state index in [1.54, 1.807) is 7.11 Å². The Hall–Kier alpha value is -2.76. The first-order chi connectivity index (χ1) is 10.1. The number of rotatable bonds is 3. The van der Waals surface area contributed by atoms with Crippen molar-refractivity contribution in [1.29, 1.82) is 0 Å². The van der Waals surface area contributed by atoms with Crippen molar-refractivity contribution in [3.05, 3.63) is 35.7 Å². The molecule has 0 aliphatic rings. The Balaban J connectivity index is 2.41. The number of aromatic carboxylic acids is 1. The third kappa shape index (κ3) is 1.79. The number of fused-ring (bicyclic) bond motifs is 1. The van der Waals surface area contributed by atoms with Gasteiger partial charge in [0.1, 0.15) is 11.3 Å². The van der Waals surface area contributed by atoms with E-state index >= 15 is 0 Å². The molecule has 0 atom stereocenters. The minimum absolute atomic E-state index is 0.161. The molecule has 1 aromatic carbocycles. The van der Waals surface area contributed by atoms with Gasteiger partial charge in [0, 0.05) is 23.7 Å². The highest BCUT2D eigenvalue weighted by molar-refractivity contribution is 6.05. The highest BCUT2D eigenvalue weighted by Crippen LogP contribution is 2.38. The van der Waals surface area contributed by atoms with E-state index < -0.39 is 5.97 Å². The van der Waals surface area contributed by atoms with E-state index in [0.717, 1.165) is 27.9 Å². The second-order valence-corrected chi connectivity index (χ2v) is 4.84. The molecule has 0 radical (unpaired) electrons. The van der Waals surface area contributed by atoms with Crippen molar-refractivity contribution in [2.24, 2.45) is 7.05 Å². The van der Waals surface area contributed by atoms with Gasteiger partial charge in [-0.05, 0) is 13.0 Å². The minimum atomic E-state index is -1.00. The van der Waals surface area contributed by atoms with Gasteiger partial charge < -0.3 is 14.4 Å². The molecular formula is C15H15N3O3. The molecule has 0 spiro atoms. The molecule has 0 amide bonds. The van der Waals surface area contributed by atoms with E-state index in [1.165, 1.54) is 6.20 Å². The van der Waals surface area contributed by atoms with Crippen molar-refractivity contribution in [3.63, 3.8) is 0 Å². The van der Waals surface area contributed by atoms with Crippen molar-refractivity contribution in [2.75, 3.05) is 7.11 Å². The van der Waals surface area contributed by atoms with Crippen LogP contribution in [0.5, 0.6) is 5.75 Å². The summed E-state index contributed by atoms with van der Waals surface area (Å²) in [6, 6.07) is 5.73. The summed E-state index contributed by atoms with van der Waals surface area (Å²) in [4.78, 5) is 11.3. The van der Waals surface area contributed by atoms with Crippen LogP contribution in [-0.2, 0) is 7.05 Å². The summed E-state index contributed by atoms with van der Waals surface area (Å²) in [5, 5.41) is 16.9. The van der Waals surface area contributed by atoms with Crippen molar-refractivity contribution in [1.82, 2.24) is 14.8 Å². The highest BCUT2D eigenvalue weighted by atomic mass is 16.5. The molecule has 0 aliphatic carbocycles. The van der Waals surface area contributed by atoms with E-state index in [2.05, 4.69) is 10.2 Å². The zero-order chi connectivity index (χ0) is 15.1. The molecule has 3 aromatic rings. The van der Waals surface area contributed by atoms with Gasteiger partial charge in [-0.1, -0.05) is 12.1 Å². The van der Waals surface area contributed by atoms with Crippen molar-refractivity contribution in [2.45, 2.75) is 6.92 Å². The maximum Gasteiger partial charge on any atom is 0.339 e. The second kappa shape index (κ2) is 4.66. The van der Waals surface area contributed by atoms with Gasteiger partial charge in [-0.25, -0.2) is 4.79 Å². The fraction of sp³-hybridized carbons (Fsp3) is 0.200. The van der Waals surface area contributed by atoms with Crippen LogP contribution in [0.25, 0.3) is 22.2 Å². The van der Waals surface area contributed by atoms with Crippen LogP contribution in [0.2, 0.25) is 0 Å². The van der Waals surface area contributed by atoms with Crippen LogP contribution in [0.1, 0.15) is 16.1 Å². The summed E-state index contributed by atoms with van der Waals surface area (Å²) in [6.45, 7) is 1.95. The normalized spacial score (nSPS) is 11.0. The standard InChI is InChI=1S/C15H15N3O3/c1-8-12(13-10(15(19)20)7-16-17-13)9-5-4-6-11(21-3)14(9)18(8)2/h4-7H,1-3H3,(H,16,17)(H,19,20). The number of nitrogens with zero attached hydrogens (tertiary/aromatic N) is 2. The van der Waals surface area contributed by atoms with Gasteiger partial charge in [-0.15, -0.1) is 0 Å². The molecule has 0 fully saturated rings. The first-order valence-electron chi connectivity index (χ1n) is 6.45. The Morgan fingerprint density at radius 3 is 2.86 bits per heavy atom. The van der Waals surface area contributed by atoms with E-state index in [9.17, 15) is 9.90 Å². The quantitative estimate of drug-likeness (QED) is 0.775. The third-order valence-electron chi connectivity index (χ3n) is 3.81. The number of carboxylic acids is 1. The molecule has 0 saturated carbocycles. The summed E-state index contributed by atoms with van der Waals surface area (Å²) in [7, 11) is 3.55. The van der Waals surface area contributed by atoms with Crippen molar-refractivity contribution < 1.29 is 14.6 Å². The SMILES string of the molecule is COc1cccc2c(-c3[nH]ncc3C(=O)O)c(C)n(C)c12. The fourth-order valence-corrected chi connectivity index (χ4v) is 2.72. The van der Waals surface area contributed by atoms with Gasteiger partial charge in [0.15, 0.2) is 0 Å². The molecule has 0 unspecified atom stereocenters. The number of methoxy groups -OCH3 is 1. The van der Waals surface area contributed by atoms with Gasteiger partial charge in [-0.2, -0.15) is 5.10 Å². The van der Waals surface area contributed by atoms with E-state index in [1.807, 2.05) is 36.7 Å². The fourth-order valence-electron chi connectivity index (χ4n) is 2.72. The van der Waals surface area contributed by atoms with Crippen molar-refractivity contribution >= 4 is 16.9 Å². The molecule has 2 aromatic heterocycles. The average Bonchev–Trinajstić information content (AvgIpc) is 3.03. The summed E-state index contributed by atoms with van der Waals surface area (Å²) in [5.41, 5.74) is 3.38. The highest BCUT2D eigenvalue weighted by Gasteiger charge is 2.22. The summed E-state index contributed by atoms with van der Waals surface area (Å²) in [5.74, 6) is -0.251. The van der Waals surface area contributed by atoms with Crippen LogP contribution < -0.4 is 4.74 Å². The monoisotopic (exact) mass is 285 g/mol. The number of benzene rings is 1. The molecule has 2 heterocycles. The van der Waals surface area contributed by atoms with E-state index in [4.69, 9.17) is 4.74 Å². The molecule has 3 rings (SSSR count). The smallest absolute Gasteiger partial charge is 0.339 e. The van der Waals surface area contributed by atoms with Crippen LogP contribution in [0.15, 0.2) is 24.4 Å². The number of H-pyrrole nitrogens is 1. The van der Waals surface area contributed by atoms with Crippen LogP contribution in [-0.4, -0.2) is 33.0 Å². The number of para-hydroxylation sites is 1. The molecule has 0 saturated heterocycles.